The highest BCUT2D eigenvalue weighted by Crippen LogP contribution is 2.06. The first kappa shape index (κ1) is 11.8. The average Bonchev–Trinajstić information content (AvgIpc) is 2.83. The fourth-order valence-corrected chi connectivity index (χ4v) is 2.48. The van der Waals surface area contributed by atoms with E-state index in [0.717, 1.165) is 5.69 Å². The number of hydrogen-bond donors (Lipinski definition) is 2. The van der Waals surface area contributed by atoms with Gasteiger partial charge in [0.1, 0.15) is 0 Å². The zero-order valence-electron chi connectivity index (χ0n) is 9.13. The van der Waals surface area contributed by atoms with Gasteiger partial charge in [0.25, 0.3) is 0 Å². The molecule has 6 heteroatoms. The van der Waals surface area contributed by atoms with Gasteiger partial charge in [-0.1, -0.05) is 18.2 Å². The van der Waals surface area contributed by atoms with Crippen LogP contribution in [0.25, 0.3) is 0 Å². The monoisotopic (exact) mass is 251 g/mol. The number of aromatic amines is 1. The van der Waals surface area contributed by atoms with Crippen molar-refractivity contribution in [3.05, 3.63) is 48.3 Å². The van der Waals surface area contributed by atoms with Crippen molar-refractivity contribution >= 4 is 10.0 Å². The molecule has 0 saturated heterocycles. The van der Waals surface area contributed by atoms with Crippen LogP contribution in [0.2, 0.25) is 0 Å². The minimum absolute atomic E-state index is 0.282. The molecule has 90 valence electrons. The number of nitrogens with one attached hydrogen (secondary N) is 2. The maximum atomic E-state index is 11.8. The lowest BCUT2D eigenvalue weighted by Crippen LogP contribution is -2.26. The maximum Gasteiger partial charge on any atom is 0.240 e. The standard InChI is InChI=1S/C11H13N3O2S/c15-17(16,11-4-2-1-3-5-11)13-9-7-10-6-8-12-14-10/h1-6,8,13H,7,9H2,(H,12,14). The lowest BCUT2D eigenvalue weighted by atomic mass is 10.3. The Balaban J connectivity index is 1.95. The Hall–Kier alpha value is -1.66. The van der Waals surface area contributed by atoms with E-state index in [4.69, 9.17) is 0 Å². The van der Waals surface area contributed by atoms with Crippen molar-refractivity contribution in [3.8, 4) is 0 Å². The van der Waals surface area contributed by atoms with E-state index in [1.54, 1.807) is 36.5 Å². The lowest BCUT2D eigenvalue weighted by molar-refractivity contribution is 0.581. The first-order chi connectivity index (χ1) is 8.18. The predicted octanol–water partition coefficient (Wildman–Crippen LogP) is 0.931. The summed E-state index contributed by atoms with van der Waals surface area (Å²) in [6.07, 6.45) is 2.23. The summed E-state index contributed by atoms with van der Waals surface area (Å²) in [5, 5.41) is 6.57. The molecule has 1 aromatic carbocycles. The van der Waals surface area contributed by atoms with Crippen LogP contribution < -0.4 is 4.72 Å². The predicted molar refractivity (Wildman–Crippen MR) is 63.9 cm³/mol. The molecule has 0 fully saturated rings. The lowest BCUT2D eigenvalue weighted by Gasteiger charge is -2.05. The van der Waals surface area contributed by atoms with Crippen LogP contribution in [0, 0.1) is 0 Å². The number of hydrogen-bond acceptors (Lipinski definition) is 3. The Kier molecular flexibility index (Phi) is 3.55. The number of sulfonamides is 1. The van der Waals surface area contributed by atoms with E-state index in [0.29, 0.717) is 13.0 Å². The third kappa shape index (κ3) is 3.15. The van der Waals surface area contributed by atoms with Gasteiger partial charge in [0, 0.05) is 24.9 Å². The fraction of sp³-hybridized carbons (Fsp3) is 0.182. The Bertz CT molecular complexity index is 550. The summed E-state index contributed by atoms with van der Waals surface area (Å²) in [6.45, 7) is 0.347. The van der Waals surface area contributed by atoms with Gasteiger partial charge in [0.05, 0.1) is 4.90 Å². The van der Waals surface area contributed by atoms with Gasteiger partial charge in [-0.05, 0) is 18.2 Å². The molecule has 0 bridgehead atoms. The molecule has 5 nitrogen and oxygen atoms in total. The van der Waals surface area contributed by atoms with E-state index in [2.05, 4.69) is 14.9 Å². The number of aromatic nitrogens is 2. The third-order valence-electron chi connectivity index (χ3n) is 2.30. The Morgan fingerprint density at radius 1 is 1.18 bits per heavy atom. The van der Waals surface area contributed by atoms with Gasteiger partial charge in [-0.15, -0.1) is 0 Å². The van der Waals surface area contributed by atoms with Crippen LogP contribution in [0.15, 0.2) is 47.5 Å². The van der Waals surface area contributed by atoms with Crippen molar-refractivity contribution in [1.29, 1.82) is 0 Å². The van der Waals surface area contributed by atoms with Gasteiger partial charge < -0.3 is 0 Å². The van der Waals surface area contributed by atoms with E-state index in [1.807, 2.05) is 6.07 Å². The highest BCUT2D eigenvalue weighted by Gasteiger charge is 2.12. The molecule has 0 atom stereocenters. The molecular formula is C11H13N3O2S. The SMILES string of the molecule is O=S(=O)(NCCc1ccn[nH]1)c1ccccc1. The molecule has 0 radical (unpaired) electrons. The Morgan fingerprint density at radius 3 is 2.59 bits per heavy atom. The molecule has 0 aliphatic carbocycles. The molecule has 0 spiro atoms. The molecule has 2 aromatic rings. The van der Waals surface area contributed by atoms with E-state index < -0.39 is 10.0 Å². The molecule has 1 aromatic heterocycles. The second kappa shape index (κ2) is 5.11. The normalized spacial score (nSPS) is 11.5. The summed E-state index contributed by atoms with van der Waals surface area (Å²) in [7, 11) is -3.40. The Morgan fingerprint density at radius 2 is 1.94 bits per heavy atom. The molecule has 17 heavy (non-hydrogen) atoms. The highest BCUT2D eigenvalue weighted by atomic mass is 32.2. The first-order valence-corrected chi connectivity index (χ1v) is 6.70. The molecule has 1 heterocycles. The zero-order valence-corrected chi connectivity index (χ0v) is 9.94. The summed E-state index contributed by atoms with van der Waals surface area (Å²) in [5.41, 5.74) is 0.903. The van der Waals surface area contributed by atoms with Gasteiger partial charge in [-0.25, -0.2) is 13.1 Å². The van der Waals surface area contributed by atoms with Crippen molar-refractivity contribution in [3.63, 3.8) is 0 Å². The quantitative estimate of drug-likeness (QED) is 0.830. The second-order valence-electron chi connectivity index (χ2n) is 3.54. The summed E-state index contributed by atoms with van der Waals surface area (Å²) in [5.74, 6) is 0. The summed E-state index contributed by atoms with van der Waals surface area (Å²) in [6, 6.07) is 10.1. The van der Waals surface area contributed by atoms with Gasteiger partial charge in [0.2, 0.25) is 10.0 Å². The van der Waals surface area contributed by atoms with E-state index >= 15 is 0 Å². The number of nitrogens with zero attached hydrogens (tertiary/aromatic N) is 1. The first-order valence-electron chi connectivity index (χ1n) is 5.21. The fourth-order valence-electron chi connectivity index (χ4n) is 1.43. The van der Waals surface area contributed by atoms with Crippen LogP contribution in [0.5, 0.6) is 0 Å². The van der Waals surface area contributed by atoms with Gasteiger partial charge in [-0.3, -0.25) is 5.10 Å². The molecule has 2 rings (SSSR count). The van der Waals surface area contributed by atoms with E-state index in [9.17, 15) is 8.42 Å². The molecule has 0 amide bonds. The van der Waals surface area contributed by atoms with Gasteiger partial charge in [-0.2, -0.15) is 5.10 Å². The number of H-pyrrole nitrogens is 1. The van der Waals surface area contributed by atoms with Crippen LogP contribution in [0.3, 0.4) is 0 Å². The molecule has 0 aliphatic rings. The van der Waals surface area contributed by atoms with Crippen LogP contribution in [-0.4, -0.2) is 25.2 Å². The minimum Gasteiger partial charge on any atom is -0.283 e. The van der Waals surface area contributed by atoms with Crippen LogP contribution in [0.4, 0.5) is 0 Å². The van der Waals surface area contributed by atoms with Crippen molar-refractivity contribution in [2.45, 2.75) is 11.3 Å². The topological polar surface area (TPSA) is 74.8 Å². The van der Waals surface area contributed by atoms with E-state index in [1.165, 1.54) is 0 Å². The van der Waals surface area contributed by atoms with Crippen LogP contribution in [-0.2, 0) is 16.4 Å². The maximum absolute atomic E-state index is 11.8. The molecule has 0 aliphatic heterocycles. The van der Waals surface area contributed by atoms with Crippen molar-refractivity contribution in [1.82, 2.24) is 14.9 Å². The van der Waals surface area contributed by atoms with Crippen LogP contribution in [0.1, 0.15) is 5.69 Å². The smallest absolute Gasteiger partial charge is 0.240 e. The van der Waals surface area contributed by atoms with Gasteiger partial charge in [0.15, 0.2) is 0 Å². The molecule has 2 N–H and O–H groups in total. The van der Waals surface area contributed by atoms with Crippen molar-refractivity contribution in [2.24, 2.45) is 0 Å². The average molecular weight is 251 g/mol. The molecule has 0 saturated carbocycles. The van der Waals surface area contributed by atoms with Crippen molar-refractivity contribution in [2.75, 3.05) is 6.54 Å². The Labute approximate surface area is 99.9 Å². The van der Waals surface area contributed by atoms with E-state index in [-0.39, 0.29) is 4.90 Å². The summed E-state index contributed by atoms with van der Waals surface area (Å²) >= 11 is 0. The van der Waals surface area contributed by atoms with Crippen molar-refractivity contribution < 1.29 is 8.42 Å². The number of rotatable bonds is 5. The molecular weight excluding hydrogens is 238 g/mol. The highest BCUT2D eigenvalue weighted by molar-refractivity contribution is 7.89. The summed E-state index contributed by atoms with van der Waals surface area (Å²) in [4.78, 5) is 0.282. The zero-order chi connectivity index (χ0) is 12.1. The van der Waals surface area contributed by atoms with Crippen LogP contribution >= 0.6 is 0 Å². The summed E-state index contributed by atoms with van der Waals surface area (Å²) < 4.78 is 26.2. The number of benzene rings is 1. The third-order valence-corrected chi connectivity index (χ3v) is 3.78. The van der Waals surface area contributed by atoms with Gasteiger partial charge >= 0.3 is 0 Å². The second-order valence-corrected chi connectivity index (χ2v) is 5.31. The molecule has 0 unspecified atom stereocenters. The minimum atomic E-state index is -3.40. The largest absolute Gasteiger partial charge is 0.283 e.